The first kappa shape index (κ1) is 22.7. The molecule has 0 spiro atoms. The first-order valence-electron chi connectivity index (χ1n) is 7.36. The minimum atomic E-state index is -4.71. The van der Waals surface area contributed by atoms with Crippen LogP contribution in [0.3, 0.4) is 0 Å². The number of benzene rings is 1. The highest BCUT2D eigenvalue weighted by atomic mass is 35.5. The number of aliphatic carboxylic acids is 1. The SMILES string of the molecule is CSCCC(N/C=C(/C#N)C(=O)Nc1ccc(Cl)c(C(F)(F)F)c1)C(=O)O. The molecule has 0 aliphatic carbocycles. The maximum atomic E-state index is 12.8. The number of carboxylic acid groups (broad SMARTS) is 1. The average molecular weight is 422 g/mol. The third kappa shape index (κ3) is 7.03. The highest BCUT2D eigenvalue weighted by Gasteiger charge is 2.33. The topological polar surface area (TPSA) is 102 Å². The monoisotopic (exact) mass is 421 g/mol. The van der Waals surface area contributed by atoms with Crippen LogP contribution in [0.25, 0.3) is 0 Å². The Kier molecular flexibility index (Phi) is 8.46. The van der Waals surface area contributed by atoms with Crippen LogP contribution in [0.5, 0.6) is 0 Å². The minimum Gasteiger partial charge on any atom is -0.480 e. The van der Waals surface area contributed by atoms with Gasteiger partial charge in [-0.25, -0.2) is 4.79 Å². The fourth-order valence-corrected chi connectivity index (χ4v) is 2.56. The van der Waals surface area contributed by atoms with Crippen molar-refractivity contribution in [3.63, 3.8) is 0 Å². The van der Waals surface area contributed by atoms with E-state index in [2.05, 4.69) is 10.6 Å². The largest absolute Gasteiger partial charge is 0.480 e. The van der Waals surface area contributed by atoms with Gasteiger partial charge in [-0.3, -0.25) is 4.79 Å². The summed E-state index contributed by atoms with van der Waals surface area (Å²) in [6.07, 6.45) is -1.74. The van der Waals surface area contributed by atoms with Crippen LogP contribution >= 0.6 is 23.4 Å². The number of anilines is 1. The molecule has 0 saturated heterocycles. The van der Waals surface area contributed by atoms with E-state index in [-0.39, 0.29) is 12.1 Å². The number of nitrogens with one attached hydrogen (secondary N) is 2. The number of amides is 1. The Morgan fingerprint density at radius 1 is 1.44 bits per heavy atom. The lowest BCUT2D eigenvalue weighted by molar-refractivity contribution is -0.139. The standard InChI is InChI=1S/C16H15ClF3N3O3S/c1-27-5-4-13(15(25)26)22-8-9(7-21)14(24)23-10-2-3-12(17)11(6-10)16(18,19)20/h2-3,6,8,13,22H,4-5H2,1H3,(H,23,24)(H,25,26)/b9-8-. The van der Waals surface area contributed by atoms with Crippen LogP contribution in [-0.4, -0.2) is 35.0 Å². The summed E-state index contributed by atoms with van der Waals surface area (Å²) in [4.78, 5) is 23.2. The number of alkyl halides is 3. The molecule has 0 fully saturated rings. The summed E-state index contributed by atoms with van der Waals surface area (Å²) in [6, 6.07) is 3.31. The lowest BCUT2D eigenvalue weighted by Crippen LogP contribution is -2.34. The van der Waals surface area contributed by atoms with E-state index in [1.165, 1.54) is 11.8 Å². The molecule has 0 aromatic heterocycles. The summed E-state index contributed by atoms with van der Waals surface area (Å²) in [5.41, 5.74) is -1.84. The van der Waals surface area contributed by atoms with Crippen molar-refractivity contribution in [1.29, 1.82) is 5.26 Å². The first-order chi connectivity index (χ1) is 12.6. The first-order valence-corrected chi connectivity index (χ1v) is 9.13. The van der Waals surface area contributed by atoms with Crippen molar-refractivity contribution in [2.45, 2.75) is 18.6 Å². The number of hydrogen-bond donors (Lipinski definition) is 3. The van der Waals surface area contributed by atoms with Crippen LogP contribution in [0.15, 0.2) is 30.0 Å². The Bertz CT molecular complexity index is 778. The fraction of sp³-hybridized carbons (Fsp3) is 0.312. The number of halogens is 4. The molecule has 0 aliphatic rings. The van der Waals surface area contributed by atoms with Gasteiger partial charge in [0.25, 0.3) is 5.91 Å². The third-order valence-electron chi connectivity index (χ3n) is 3.23. The van der Waals surface area contributed by atoms with Gasteiger partial charge in [-0.2, -0.15) is 30.2 Å². The molecule has 1 aromatic rings. The second-order valence-corrected chi connectivity index (χ2v) is 6.55. The van der Waals surface area contributed by atoms with Crippen molar-refractivity contribution < 1.29 is 27.9 Å². The van der Waals surface area contributed by atoms with Gasteiger partial charge in [0.05, 0.1) is 10.6 Å². The van der Waals surface area contributed by atoms with E-state index >= 15 is 0 Å². The van der Waals surface area contributed by atoms with Crippen molar-refractivity contribution in [1.82, 2.24) is 5.32 Å². The lowest BCUT2D eigenvalue weighted by Gasteiger charge is -2.13. The van der Waals surface area contributed by atoms with Gasteiger partial charge < -0.3 is 15.7 Å². The summed E-state index contributed by atoms with van der Waals surface area (Å²) in [5.74, 6) is -1.61. The zero-order valence-corrected chi connectivity index (χ0v) is 15.5. The normalized spacial score (nSPS) is 12.8. The van der Waals surface area contributed by atoms with Crippen molar-refractivity contribution in [2.75, 3.05) is 17.3 Å². The van der Waals surface area contributed by atoms with Crippen LogP contribution in [0, 0.1) is 11.3 Å². The predicted molar refractivity (Wildman–Crippen MR) is 96.3 cm³/mol. The molecule has 1 rings (SSSR count). The lowest BCUT2D eigenvalue weighted by atomic mass is 10.2. The highest BCUT2D eigenvalue weighted by Crippen LogP contribution is 2.36. The molecule has 1 aromatic carbocycles. The van der Waals surface area contributed by atoms with Crippen LogP contribution in [-0.2, 0) is 15.8 Å². The number of hydrogen-bond acceptors (Lipinski definition) is 5. The molecule has 1 amide bonds. The average Bonchev–Trinajstić information content (AvgIpc) is 2.58. The van der Waals surface area contributed by atoms with E-state index in [9.17, 15) is 22.8 Å². The molecule has 146 valence electrons. The van der Waals surface area contributed by atoms with Crippen LogP contribution in [0.4, 0.5) is 18.9 Å². The molecule has 0 bridgehead atoms. The third-order valence-corrected chi connectivity index (χ3v) is 4.21. The van der Waals surface area contributed by atoms with Gasteiger partial charge in [-0.15, -0.1) is 0 Å². The molecule has 3 N–H and O–H groups in total. The van der Waals surface area contributed by atoms with Gasteiger partial charge in [0.15, 0.2) is 0 Å². The Hall–Kier alpha value is -2.38. The molecule has 1 atom stereocenters. The van der Waals surface area contributed by atoms with E-state index in [4.69, 9.17) is 22.0 Å². The molecule has 0 aliphatic heterocycles. The van der Waals surface area contributed by atoms with Gasteiger partial charge in [0.1, 0.15) is 17.7 Å². The molecular weight excluding hydrogens is 407 g/mol. The minimum absolute atomic E-state index is 0.213. The van der Waals surface area contributed by atoms with E-state index in [0.29, 0.717) is 11.8 Å². The number of carbonyl (C=O) groups is 2. The van der Waals surface area contributed by atoms with Gasteiger partial charge in [0, 0.05) is 11.9 Å². The second-order valence-electron chi connectivity index (χ2n) is 5.16. The molecule has 0 radical (unpaired) electrons. The second kappa shape index (κ2) is 10.1. The Balaban J connectivity index is 2.93. The molecule has 11 heteroatoms. The van der Waals surface area contributed by atoms with E-state index in [1.807, 2.05) is 0 Å². The maximum absolute atomic E-state index is 12.8. The molecule has 6 nitrogen and oxygen atoms in total. The molecular formula is C16H15ClF3N3O3S. The maximum Gasteiger partial charge on any atom is 0.417 e. The van der Waals surface area contributed by atoms with Crippen LogP contribution in [0.1, 0.15) is 12.0 Å². The molecule has 0 heterocycles. The highest BCUT2D eigenvalue weighted by molar-refractivity contribution is 7.98. The van der Waals surface area contributed by atoms with Crippen LogP contribution in [0.2, 0.25) is 5.02 Å². The van der Waals surface area contributed by atoms with E-state index in [0.717, 1.165) is 18.3 Å². The Morgan fingerprint density at radius 2 is 2.11 bits per heavy atom. The molecule has 0 saturated carbocycles. The zero-order chi connectivity index (χ0) is 20.6. The number of nitrogens with zero attached hydrogens (tertiary/aromatic N) is 1. The smallest absolute Gasteiger partial charge is 0.417 e. The van der Waals surface area contributed by atoms with Crippen LogP contribution < -0.4 is 10.6 Å². The Labute approximate surface area is 162 Å². The van der Waals surface area contributed by atoms with Crippen molar-refractivity contribution in [3.8, 4) is 6.07 Å². The van der Waals surface area contributed by atoms with Gasteiger partial charge in [0.2, 0.25) is 0 Å². The number of carbonyl (C=O) groups excluding carboxylic acids is 1. The number of nitriles is 1. The fourth-order valence-electron chi connectivity index (χ4n) is 1.87. The van der Waals surface area contributed by atoms with Crippen molar-refractivity contribution in [3.05, 3.63) is 40.6 Å². The van der Waals surface area contributed by atoms with Gasteiger partial charge >= 0.3 is 12.1 Å². The Morgan fingerprint density at radius 3 is 2.63 bits per heavy atom. The molecule has 27 heavy (non-hydrogen) atoms. The quantitative estimate of drug-likeness (QED) is 0.438. The van der Waals surface area contributed by atoms with Gasteiger partial charge in [-0.1, -0.05) is 11.6 Å². The van der Waals surface area contributed by atoms with Crippen molar-refractivity contribution in [2.24, 2.45) is 0 Å². The van der Waals surface area contributed by atoms with Crippen molar-refractivity contribution >= 4 is 40.9 Å². The summed E-state index contributed by atoms with van der Waals surface area (Å²) in [7, 11) is 0. The summed E-state index contributed by atoms with van der Waals surface area (Å²) < 4.78 is 38.5. The number of rotatable bonds is 8. The number of thioether (sulfide) groups is 1. The predicted octanol–water partition coefficient (Wildman–Crippen LogP) is 3.50. The summed E-state index contributed by atoms with van der Waals surface area (Å²) in [5, 5.41) is 22.2. The summed E-state index contributed by atoms with van der Waals surface area (Å²) >= 11 is 6.93. The zero-order valence-electron chi connectivity index (χ0n) is 13.9. The number of carboxylic acids is 1. The molecule has 1 unspecified atom stereocenters. The van der Waals surface area contributed by atoms with Gasteiger partial charge in [-0.05, 0) is 36.6 Å². The summed E-state index contributed by atoms with van der Waals surface area (Å²) in [6.45, 7) is 0. The van der Waals surface area contributed by atoms with E-state index in [1.54, 1.807) is 12.3 Å². The van der Waals surface area contributed by atoms with E-state index < -0.39 is 40.3 Å².